The van der Waals surface area contributed by atoms with Crippen LogP contribution in [-0.2, 0) is 14.5 Å². The first-order chi connectivity index (χ1) is 7.67. The molecule has 0 heterocycles. The fraction of sp³-hybridized carbons (Fsp3) is 0.333. The average Bonchev–Trinajstić information content (AvgIpc) is 2.29. The van der Waals surface area contributed by atoms with Crippen LogP contribution in [0.5, 0.6) is 0 Å². The Morgan fingerprint density at radius 1 is 1.12 bits per heavy atom. The highest BCUT2D eigenvalue weighted by molar-refractivity contribution is 8.38. The minimum atomic E-state index is -5.57. The molecule has 1 aromatic rings. The summed E-state index contributed by atoms with van der Waals surface area (Å²) in [6, 6.07) is 7.36. The summed E-state index contributed by atoms with van der Waals surface area (Å²) in [6.07, 6.45) is 2.16. The van der Waals surface area contributed by atoms with Crippen molar-refractivity contribution in [1.29, 1.82) is 0 Å². The highest BCUT2D eigenvalue weighted by atomic mass is 32.3. The van der Waals surface area contributed by atoms with Gasteiger partial charge in [0.1, 0.15) is 0 Å². The van der Waals surface area contributed by atoms with E-state index in [1.807, 2.05) is 0 Å². The predicted octanol–water partition coefficient (Wildman–Crippen LogP) is 2.89. The van der Waals surface area contributed by atoms with E-state index >= 15 is 0 Å². The molecule has 98 valence electrons. The standard InChI is InChI=1S/C9H11F3O3S2/c1-16(2,8-6-4-3-5-7-8)9(10,11)17(13,14)15-12/h3-7H,1-2H3. The Hall–Kier alpha value is -0.730. The van der Waals surface area contributed by atoms with Crippen molar-refractivity contribution in [2.75, 3.05) is 12.5 Å². The third-order valence-electron chi connectivity index (χ3n) is 2.30. The smallest absolute Gasteiger partial charge is 0.189 e. The molecule has 3 nitrogen and oxygen atoms in total. The van der Waals surface area contributed by atoms with Gasteiger partial charge in [0.25, 0.3) is 0 Å². The number of hydrogen-bond donors (Lipinski definition) is 0. The van der Waals surface area contributed by atoms with Gasteiger partial charge in [-0.3, -0.25) is 0 Å². The molecule has 0 saturated heterocycles. The number of alkyl halides is 2. The molecule has 0 unspecified atom stereocenters. The Kier molecular flexibility index (Phi) is 3.80. The van der Waals surface area contributed by atoms with Crippen molar-refractivity contribution >= 4 is 20.1 Å². The van der Waals surface area contributed by atoms with E-state index in [9.17, 15) is 21.7 Å². The summed E-state index contributed by atoms with van der Waals surface area (Å²) >= 11 is 0. The summed E-state index contributed by atoms with van der Waals surface area (Å²) in [7, 11) is -8.66. The van der Waals surface area contributed by atoms with Gasteiger partial charge in [0.05, 0.1) is 0 Å². The molecule has 8 heteroatoms. The minimum Gasteiger partial charge on any atom is -0.189 e. The second-order valence-electron chi connectivity index (χ2n) is 3.62. The zero-order chi connectivity index (χ0) is 13.3. The predicted molar refractivity (Wildman–Crippen MR) is 60.2 cm³/mol. The van der Waals surface area contributed by atoms with Gasteiger partial charge in [-0.15, -0.1) is 10.0 Å². The maximum absolute atomic E-state index is 13.7. The van der Waals surface area contributed by atoms with E-state index in [0.717, 1.165) is 12.5 Å². The second-order valence-corrected chi connectivity index (χ2v) is 9.06. The zero-order valence-corrected chi connectivity index (χ0v) is 10.7. The lowest BCUT2D eigenvalue weighted by molar-refractivity contribution is -0.0124. The van der Waals surface area contributed by atoms with Crippen LogP contribution in [0.25, 0.3) is 0 Å². The molecule has 0 N–H and O–H groups in total. The van der Waals surface area contributed by atoms with Crippen LogP contribution in [0, 0.1) is 0 Å². The van der Waals surface area contributed by atoms with E-state index < -0.39 is 24.7 Å². The Labute approximate surface area is 98.9 Å². The Bertz CT molecular complexity index is 485. The van der Waals surface area contributed by atoms with E-state index in [2.05, 4.69) is 4.39 Å². The monoisotopic (exact) mass is 288 g/mol. The van der Waals surface area contributed by atoms with Gasteiger partial charge >= 0.3 is 14.7 Å². The maximum atomic E-state index is 13.7. The molecule has 1 rings (SSSR count). The van der Waals surface area contributed by atoms with Gasteiger partial charge in [-0.25, -0.2) is 0 Å². The molecule has 1 aromatic carbocycles. The van der Waals surface area contributed by atoms with E-state index in [-0.39, 0.29) is 4.90 Å². The SMILES string of the molecule is CS(C)(c1ccccc1)C(F)(F)S(=O)(=O)OF. The highest BCUT2D eigenvalue weighted by Gasteiger charge is 2.57. The third kappa shape index (κ3) is 2.29. The summed E-state index contributed by atoms with van der Waals surface area (Å²) in [5.41, 5.74) is 0. The van der Waals surface area contributed by atoms with Gasteiger partial charge in [-0.2, -0.15) is 17.2 Å². The van der Waals surface area contributed by atoms with Gasteiger partial charge < -0.3 is 0 Å². The number of hydrogen-bond acceptors (Lipinski definition) is 3. The molecular formula is C9H11F3O3S2. The van der Waals surface area contributed by atoms with Crippen molar-refractivity contribution in [3.8, 4) is 0 Å². The van der Waals surface area contributed by atoms with Crippen LogP contribution >= 0.6 is 10.0 Å². The van der Waals surface area contributed by atoms with Gasteiger partial charge in [0, 0.05) is 0 Å². The highest BCUT2D eigenvalue weighted by Crippen LogP contribution is 2.63. The molecule has 0 aliphatic rings. The number of rotatable bonds is 4. The van der Waals surface area contributed by atoms with Gasteiger partial charge in [-0.1, -0.05) is 22.6 Å². The van der Waals surface area contributed by atoms with Crippen LogP contribution in [0.3, 0.4) is 0 Å². The fourth-order valence-corrected chi connectivity index (χ4v) is 4.78. The molecule has 0 spiro atoms. The topological polar surface area (TPSA) is 43.4 Å². The van der Waals surface area contributed by atoms with E-state index in [0.29, 0.717) is 0 Å². The van der Waals surface area contributed by atoms with Crippen LogP contribution in [0.1, 0.15) is 0 Å². The van der Waals surface area contributed by atoms with E-state index in [1.54, 1.807) is 6.07 Å². The second kappa shape index (κ2) is 4.51. The van der Waals surface area contributed by atoms with E-state index in [1.165, 1.54) is 24.3 Å². The summed E-state index contributed by atoms with van der Waals surface area (Å²) in [6.45, 7) is 0. The maximum Gasteiger partial charge on any atom is 0.408 e. The largest absolute Gasteiger partial charge is 0.408 e. The first-order valence-electron chi connectivity index (χ1n) is 4.37. The Morgan fingerprint density at radius 2 is 1.59 bits per heavy atom. The molecule has 0 bridgehead atoms. The molecule has 0 aliphatic carbocycles. The first-order valence-corrected chi connectivity index (χ1v) is 8.23. The Morgan fingerprint density at radius 3 is 2.00 bits per heavy atom. The van der Waals surface area contributed by atoms with Crippen molar-refractivity contribution in [2.45, 2.75) is 9.48 Å². The van der Waals surface area contributed by atoms with Gasteiger partial charge in [0.2, 0.25) is 0 Å². The molecule has 0 amide bonds. The summed E-state index contributed by atoms with van der Waals surface area (Å²) in [5, 5.41) is 0. The van der Waals surface area contributed by atoms with Crippen molar-refractivity contribution in [2.24, 2.45) is 0 Å². The lowest BCUT2D eigenvalue weighted by Crippen LogP contribution is -2.34. The van der Waals surface area contributed by atoms with Crippen LogP contribution in [0.15, 0.2) is 35.2 Å². The van der Waals surface area contributed by atoms with Crippen molar-refractivity contribution in [3.63, 3.8) is 0 Å². The number of benzene rings is 1. The molecule has 0 aliphatic heterocycles. The molecule has 0 fully saturated rings. The summed E-state index contributed by atoms with van der Waals surface area (Å²) in [4.78, 5) is 0.144. The molecule has 0 aromatic heterocycles. The van der Waals surface area contributed by atoms with Crippen LogP contribution in [0.2, 0.25) is 0 Å². The fourth-order valence-electron chi connectivity index (χ4n) is 1.19. The lowest BCUT2D eigenvalue weighted by atomic mass is 10.4. The Balaban J connectivity index is 3.33. The average molecular weight is 288 g/mol. The van der Waals surface area contributed by atoms with Gasteiger partial charge in [-0.05, 0) is 34.1 Å². The molecule has 0 atom stereocenters. The lowest BCUT2D eigenvalue weighted by Gasteiger charge is -2.37. The van der Waals surface area contributed by atoms with Crippen molar-refractivity contribution in [1.82, 2.24) is 0 Å². The quantitative estimate of drug-likeness (QED) is 0.855. The van der Waals surface area contributed by atoms with E-state index in [4.69, 9.17) is 0 Å². The van der Waals surface area contributed by atoms with Gasteiger partial charge in [0.15, 0.2) is 0 Å². The van der Waals surface area contributed by atoms with Crippen LogP contribution in [0.4, 0.5) is 13.3 Å². The normalized spacial score (nSPS) is 14.6. The summed E-state index contributed by atoms with van der Waals surface area (Å²) in [5.74, 6) is 0. The molecule has 17 heavy (non-hydrogen) atoms. The van der Waals surface area contributed by atoms with Crippen LogP contribution in [-0.4, -0.2) is 25.5 Å². The first kappa shape index (κ1) is 14.3. The van der Waals surface area contributed by atoms with Crippen molar-refractivity contribution in [3.05, 3.63) is 30.3 Å². The number of halogens is 3. The molecule has 0 radical (unpaired) electrons. The summed E-state index contributed by atoms with van der Waals surface area (Å²) < 4.78 is 59.2. The molecular weight excluding hydrogens is 277 g/mol. The molecule has 0 saturated carbocycles. The zero-order valence-electron chi connectivity index (χ0n) is 9.06. The van der Waals surface area contributed by atoms with Crippen LogP contribution < -0.4 is 0 Å². The van der Waals surface area contributed by atoms with Crippen molar-refractivity contribution < 1.29 is 26.1 Å². The third-order valence-corrected chi connectivity index (χ3v) is 7.55. The minimum absolute atomic E-state index is 0.144.